The molecule has 0 aliphatic carbocycles. The number of amides is 2. The highest BCUT2D eigenvalue weighted by Gasteiger charge is 1.97. The zero-order chi connectivity index (χ0) is 11.8. The third kappa shape index (κ3) is 4.61. The van der Waals surface area contributed by atoms with Crippen LogP contribution in [0.4, 0.5) is 4.79 Å². The van der Waals surface area contributed by atoms with Crippen LogP contribution in [0, 0.1) is 0 Å². The van der Waals surface area contributed by atoms with Crippen LogP contribution in [0.15, 0.2) is 18.2 Å². The zero-order valence-corrected chi connectivity index (χ0v) is 9.19. The van der Waals surface area contributed by atoms with E-state index in [0.29, 0.717) is 25.5 Å². The summed E-state index contributed by atoms with van der Waals surface area (Å²) in [5.41, 5.74) is 5.80. The van der Waals surface area contributed by atoms with Gasteiger partial charge in [-0.3, -0.25) is 0 Å². The van der Waals surface area contributed by atoms with E-state index in [0.717, 1.165) is 5.69 Å². The number of hydrogen-bond acceptors (Lipinski definition) is 4. The lowest BCUT2D eigenvalue weighted by atomic mass is 10.3. The molecule has 0 aliphatic rings. The highest BCUT2D eigenvalue weighted by atomic mass is 16.5. The molecular weight excluding hydrogens is 208 g/mol. The van der Waals surface area contributed by atoms with Crippen molar-refractivity contribution in [1.82, 2.24) is 15.6 Å². The number of nitrogens with zero attached hydrogens (tertiary/aromatic N) is 1. The Morgan fingerprint density at radius 1 is 1.50 bits per heavy atom. The number of ether oxygens (including phenoxy) is 1. The summed E-state index contributed by atoms with van der Waals surface area (Å²) in [4.78, 5) is 14.6. The third-order valence-corrected chi connectivity index (χ3v) is 1.90. The summed E-state index contributed by atoms with van der Waals surface area (Å²) in [6, 6.07) is 5.06. The minimum absolute atomic E-state index is 0.499. The van der Waals surface area contributed by atoms with Crippen molar-refractivity contribution in [1.29, 1.82) is 0 Å². The molecule has 0 aliphatic heterocycles. The van der Waals surface area contributed by atoms with Gasteiger partial charge in [0.15, 0.2) is 0 Å². The van der Waals surface area contributed by atoms with Crippen LogP contribution in [0.3, 0.4) is 0 Å². The molecule has 0 bridgehead atoms. The van der Waals surface area contributed by atoms with E-state index in [-0.39, 0.29) is 0 Å². The fourth-order valence-corrected chi connectivity index (χ4v) is 1.16. The number of pyridine rings is 1. The molecule has 0 atom stereocenters. The number of rotatable bonds is 6. The predicted octanol–water partition coefficient (Wildman–Crippen LogP) is -0.152. The average molecular weight is 224 g/mol. The smallest absolute Gasteiger partial charge is 0.312 e. The number of nitrogens with one attached hydrogen (secondary N) is 2. The van der Waals surface area contributed by atoms with E-state index in [9.17, 15) is 4.79 Å². The number of primary amides is 1. The Labute approximate surface area is 94.2 Å². The minimum Gasteiger partial charge on any atom is -0.481 e. The molecule has 0 saturated heterocycles. The van der Waals surface area contributed by atoms with Crippen molar-refractivity contribution in [2.24, 2.45) is 5.73 Å². The lowest BCUT2D eigenvalue weighted by molar-refractivity contribution is 0.249. The summed E-state index contributed by atoms with van der Waals surface area (Å²) < 4.78 is 5.00. The van der Waals surface area contributed by atoms with E-state index >= 15 is 0 Å². The number of carbonyl (C=O) groups excluding carboxylic acids is 1. The van der Waals surface area contributed by atoms with Crippen LogP contribution in [0.1, 0.15) is 5.69 Å². The van der Waals surface area contributed by atoms with Gasteiger partial charge in [-0.25, -0.2) is 9.78 Å². The first-order chi connectivity index (χ1) is 7.72. The second kappa shape index (κ2) is 6.62. The first-order valence-corrected chi connectivity index (χ1v) is 4.96. The average Bonchev–Trinajstić information content (AvgIpc) is 2.28. The first kappa shape index (κ1) is 12.3. The van der Waals surface area contributed by atoms with E-state index in [1.807, 2.05) is 12.1 Å². The number of aromatic nitrogens is 1. The van der Waals surface area contributed by atoms with Gasteiger partial charge in [-0.1, -0.05) is 6.07 Å². The maximum Gasteiger partial charge on any atom is 0.312 e. The molecule has 1 rings (SSSR count). The monoisotopic (exact) mass is 224 g/mol. The second-order valence-corrected chi connectivity index (χ2v) is 3.14. The van der Waals surface area contributed by atoms with Gasteiger partial charge in [0.1, 0.15) is 0 Å². The minimum atomic E-state index is -0.513. The molecule has 6 nitrogen and oxygen atoms in total. The SMILES string of the molecule is COc1cccc(CNCCNC(N)=O)n1. The van der Waals surface area contributed by atoms with Crippen LogP contribution in [-0.4, -0.2) is 31.2 Å². The van der Waals surface area contributed by atoms with Crippen molar-refractivity contribution < 1.29 is 9.53 Å². The molecule has 0 radical (unpaired) electrons. The summed E-state index contributed by atoms with van der Waals surface area (Å²) in [5.74, 6) is 0.592. The van der Waals surface area contributed by atoms with E-state index in [1.165, 1.54) is 0 Å². The van der Waals surface area contributed by atoms with Gasteiger partial charge < -0.3 is 21.1 Å². The van der Waals surface area contributed by atoms with Crippen LogP contribution in [-0.2, 0) is 6.54 Å². The quantitative estimate of drug-likeness (QED) is 0.586. The van der Waals surface area contributed by atoms with Gasteiger partial charge >= 0.3 is 6.03 Å². The lowest BCUT2D eigenvalue weighted by Crippen LogP contribution is -2.35. The fourth-order valence-electron chi connectivity index (χ4n) is 1.16. The Morgan fingerprint density at radius 2 is 2.31 bits per heavy atom. The predicted molar refractivity (Wildman–Crippen MR) is 60.1 cm³/mol. The van der Waals surface area contributed by atoms with Crippen molar-refractivity contribution in [2.75, 3.05) is 20.2 Å². The molecule has 0 unspecified atom stereocenters. The maximum atomic E-state index is 10.4. The van der Waals surface area contributed by atoms with E-state index < -0.39 is 6.03 Å². The highest BCUT2D eigenvalue weighted by molar-refractivity contribution is 5.71. The Kier molecular flexibility index (Phi) is 5.07. The van der Waals surface area contributed by atoms with Crippen LogP contribution in [0.25, 0.3) is 0 Å². The number of hydrogen-bond donors (Lipinski definition) is 3. The lowest BCUT2D eigenvalue weighted by Gasteiger charge is -2.05. The van der Waals surface area contributed by atoms with Gasteiger partial charge in [0, 0.05) is 25.7 Å². The van der Waals surface area contributed by atoms with Crippen molar-refractivity contribution in [3.8, 4) is 5.88 Å². The van der Waals surface area contributed by atoms with Gasteiger partial charge in [-0.05, 0) is 6.07 Å². The molecule has 88 valence electrons. The maximum absolute atomic E-state index is 10.4. The van der Waals surface area contributed by atoms with Gasteiger partial charge in [-0.15, -0.1) is 0 Å². The van der Waals surface area contributed by atoms with E-state index in [2.05, 4.69) is 15.6 Å². The number of nitrogens with two attached hydrogens (primary N) is 1. The Balaban J connectivity index is 2.23. The molecule has 16 heavy (non-hydrogen) atoms. The summed E-state index contributed by atoms with van der Waals surface area (Å²) in [6.07, 6.45) is 0. The molecule has 0 spiro atoms. The van der Waals surface area contributed by atoms with Crippen molar-refractivity contribution in [3.63, 3.8) is 0 Å². The first-order valence-electron chi connectivity index (χ1n) is 4.96. The molecule has 1 heterocycles. The summed E-state index contributed by atoms with van der Waals surface area (Å²) >= 11 is 0. The molecule has 2 amide bonds. The van der Waals surface area contributed by atoms with Crippen LogP contribution in [0.2, 0.25) is 0 Å². The normalized spacial score (nSPS) is 9.81. The van der Waals surface area contributed by atoms with Crippen molar-refractivity contribution in [3.05, 3.63) is 23.9 Å². The number of methoxy groups -OCH3 is 1. The summed E-state index contributed by atoms with van der Waals surface area (Å²) in [5, 5.41) is 5.61. The van der Waals surface area contributed by atoms with Crippen LogP contribution < -0.4 is 21.1 Å². The second-order valence-electron chi connectivity index (χ2n) is 3.14. The van der Waals surface area contributed by atoms with Crippen LogP contribution >= 0.6 is 0 Å². The van der Waals surface area contributed by atoms with E-state index in [1.54, 1.807) is 13.2 Å². The molecule has 6 heteroatoms. The van der Waals surface area contributed by atoms with Gasteiger partial charge in [0.25, 0.3) is 0 Å². The Hall–Kier alpha value is -1.82. The van der Waals surface area contributed by atoms with Gasteiger partial charge in [-0.2, -0.15) is 0 Å². The fraction of sp³-hybridized carbons (Fsp3) is 0.400. The Bertz CT molecular complexity index is 343. The molecule has 4 N–H and O–H groups in total. The highest BCUT2D eigenvalue weighted by Crippen LogP contribution is 2.05. The van der Waals surface area contributed by atoms with Crippen molar-refractivity contribution in [2.45, 2.75) is 6.54 Å². The third-order valence-electron chi connectivity index (χ3n) is 1.90. The van der Waals surface area contributed by atoms with Gasteiger partial charge in [0.05, 0.1) is 12.8 Å². The standard InChI is InChI=1S/C10H16N4O2/c1-16-9-4-2-3-8(14-9)7-12-5-6-13-10(11)15/h2-4,12H,5-7H2,1H3,(H3,11,13,15). The number of urea groups is 1. The largest absolute Gasteiger partial charge is 0.481 e. The summed E-state index contributed by atoms with van der Waals surface area (Å²) in [6.45, 7) is 1.76. The van der Waals surface area contributed by atoms with Crippen LogP contribution in [0.5, 0.6) is 5.88 Å². The topological polar surface area (TPSA) is 89.3 Å². The molecule has 0 aromatic carbocycles. The van der Waals surface area contributed by atoms with E-state index in [4.69, 9.17) is 10.5 Å². The Morgan fingerprint density at radius 3 is 3.00 bits per heavy atom. The molecule has 1 aromatic heterocycles. The number of carbonyl (C=O) groups is 1. The zero-order valence-electron chi connectivity index (χ0n) is 9.19. The molecule has 0 saturated carbocycles. The van der Waals surface area contributed by atoms with Crippen molar-refractivity contribution >= 4 is 6.03 Å². The molecule has 1 aromatic rings. The molecular formula is C10H16N4O2. The summed E-state index contributed by atoms with van der Waals surface area (Å²) in [7, 11) is 1.58. The van der Waals surface area contributed by atoms with Gasteiger partial charge in [0.2, 0.25) is 5.88 Å². The molecule has 0 fully saturated rings.